The molecule has 27 heavy (non-hydrogen) atoms. The van der Waals surface area contributed by atoms with Crippen molar-refractivity contribution in [2.24, 2.45) is 0 Å². The van der Waals surface area contributed by atoms with E-state index in [-0.39, 0.29) is 6.17 Å². The van der Waals surface area contributed by atoms with Crippen LogP contribution in [-0.4, -0.2) is 59.1 Å². The van der Waals surface area contributed by atoms with Crippen molar-refractivity contribution in [1.29, 1.82) is 0 Å². The molecule has 1 saturated heterocycles. The maximum Gasteiger partial charge on any atom is 0.338 e. The van der Waals surface area contributed by atoms with E-state index in [1.165, 1.54) is 0 Å². The Balaban J connectivity index is 2.00. The van der Waals surface area contributed by atoms with Gasteiger partial charge in [0.05, 0.1) is 23.8 Å². The SMILES string of the molecule is CCSC1=C(C(=O)O)C(C)=CC(N2CCOCC2)N1Cc1ccc(Cl)cc1. The van der Waals surface area contributed by atoms with Gasteiger partial charge in [-0.15, -0.1) is 11.8 Å². The first-order valence-electron chi connectivity index (χ1n) is 9.13. The van der Waals surface area contributed by atoms with Crippen molar-refractivity contribution in [2.45, 2.75) is 26.6 Å². The van der Waals surface area contributed by atoms with Crippen molar-refractivity contribution >= 4 is 29.3 Å². The Hall–Kier alpha value is -1.47. The Bertz CT molecular complexity index is 742. The topological polar surface area (TPSA) is 53.0 Å². The Morgan fingerprint density at radius 2 is 1.96 bits per heavy atom. The highest BCUT2D eigenvalue weighted by Crippen LogP contribution is 2.37. The molecule has 2 aliphatic heterocycles. The average Bonchev–Trinajstić information content (AvgIpc) is 2.66. The van der Waals surface area contributed by atoms with Gasteiger partial charge in [0.2, 0.25) is 0 Å². The standard InChI is InChI=1S/C20H25ClN2O3S/c1-3-27-19-18(20(24)25)14(2)12-17(22-8-10-26-11-9-22)23(19)13-15-4-6-16(21)7-5-15/h4-7,12,17H,3,8-11,13H2,1-2H3,(H,24,25). The predicted molar refractivity (Wildman–Crippen MR) is 110 cm³/mol. The zero-order valence-corrected chi connectivity index (χ0v) is 17.2. The summed E-state index contributed by atoms with van der Waals surface area (Å²) in [6.45, 7) is 7.63. The van der Waals surface area contributed by atoms with Gasteiger partial charge in [-0.05, 0) is 42.0 Å². The van der Waals surface area contributed by atoms with Crippen LogP contribution in [0.3, 0.4) is 0 Å². The number of benzene rings is 1. The first kappa shape index (κ1) is 20.3. The minimum absolute atomic E-state index is 0.0155. The average molecular weight is 409 g/mol. The second kappa shape index (κ2) is 9.15. The fourth-order valence-corrected chi connectivity index (χ4v) is 4.61. The molecule has 0 bridgehead atoms. The van der Waals surface area contributed by atoms with E-state index in [0.29, 0.717) is 30.4 Å². The van der Waals surface area contributed by atoms with Gasteiger partial charge in [0, 0.05) is 24.7 Å². The number of carboxylic acid groups (broad SMARTS) is 1. The zero-order valence-electron chi connectivity index (χ0n) is 15.7. The van der Waals surface area contributed by atoms with Crippen LogP contribution in [0.1, 0.15) is 19.4 Å². The molecule has 0 aliphatic carbocycles. The van der Waals surface area contributed by atoms with E-state index in [0.717, 1.165) is 35.0 Å². The molecule has 0 spiro atoms. The second-order valence-corrected chi connectivity index (χ2v) is 8.27. The highest BCUT2D eigenvalue weighted by molar-refractivity contribution is 8.03. The van der Waals surface area contributed by atoms with Crippen molar-refractivity contribution in [1.82, 2.24) is 9.80 Å². The molecule has 0 radical (unpaired) electrons. The number of hydrogen-bond donors (Lipinski definition) is 1. The van der Waals surface area contributed by atoms with Gasteiger partial charge in [-0.25, -0.2) is 4.79 Å². The van der Waals surface area contributed by atoms with E-state index >= 15 is 0 Å². The van der Waals surface area contributed by atoms with Gasteiger partial charge in [-0.3, -0.25) is 4.90 Å². The van der Waals surface area contributed by atoms with Crippen molar-refractivity contribution in [3.63, 3.8) is 0 Å². The normalized spacial score (nSPS) is 21.4. The summed E-state index contributed by atoms with van der Waals surface area (Å²) in [5.74, 6) is -0.0620. The van der Waals surface area contributed by atoms with E-state index in [2.05, 4.69) is 22.8 Å². The molecule has 0 saturated carbocycles. The van der Waals surface area contributed by atoms with Crippen molar-refractivity contribution in [2.75, 3.05) is 32.1 Å². The molecule has 1 N–H and O–H groups in total. The van der Waals surface area contributed by atoms with Crippen molar-refractivity contribution < 1.29 is 14.6 Å². The molecule has 1 fully saturated rings. The molecule has 0 amide bonds. The van der Waals surface area contributed by atoms with Crippen LogP contribution < -0.4 is 0 Å². The van der Waals surface area contributed by atoms with Crippen LogP contribution in [0.4, 0.5) is 0 Å². The van der Waals surface area contributed by atoms with Gasteiger partial charge in [0.25, 0.3) is 0 Å². The van der Waals surface area contributed by atoms with Gasteiger partial charge >= 0.3 is 5.97 Å². The molecule has 2 heterocycles. The summed E-state index contributed by atoms with van der Waals surface area (Å²) in [6.07, 6.45) is 2.09. The summed E-state index contributed by atoms with van der Waals surface area (Å²) in [6, 6.07) is 7.75. The first-order chi connectivity index (χ1) is 13.0. The Kier molecular flexibility index (Phi) is 6.87. The van der Waals surface area contributed by atoms with Gasteiger partial charge < -0.3 is 14.7 Å². The van der Waals surface area contributed by atoms with Gasteiger partial charge in [0.1, 0.15) is 6.17 Å². The van der Waals surface area contributed by atoms with Crippen LogP contribution in [0.25, 0.3) is 0 Å². The largest absolute Gasteiger partial charge is 0.478 e. The molecular weight excluding hydrogens is 384 g/mol. The smallest absolute Gasteiger partial charge is 0.338 e. The first-order valence-corrected chi connectivity index (χ1v) is 10.5. The zero-order chi connectivity index (χ0) is 19.4. The molecule has 1 unspecified atom stereocenters. The molecule has 1 atom stereocenters. The maximum absolute atomic E-state index is 12.0. The second-order valence-electron chi connectivity index (χ2n) is 6.58. The summed E-state index contributed by atoms with van der Waals surface area (Å²) in [5.41, 5.74) is 2.33. The van der Waals surface area contributed by atoms with Crippen LogP contribution in [-0.2, 0) is 16.1 Å². The van der Waals surface area contributed by atoms with E-state index < -0.39 is 5.97 Å². The number of ether oxygens (including phenoxy) is 1. The molecule has 1 aromatic rings. The van der Waals surface area contributed by atoms with Crippen LogP contribution in [0, 0.1) is 0 Å². The van der Waals surface area contributed by atoms with Crippen molar-refractivity contribution in [3.8, 4) is 0 Å². The van der Waals surface area contributed by atoms with Gasteiger partial charge in [-0.2, -0.15) is 0 Å². The van der Waals surface area contributed by atoms with Crippen LogP contribution in [0.15, 0.2) is 46.5 Å². The Morgan fingerprint density at radius 3 is 2.56 bits per heavy atom. The van der Waals surface area contributed by atoms with E-state index in [4.69, 9.17) is 16.3 Å². The number of hydrogen-bond acceptors (Lipinski definition) is 5. The molecule has 0 aromatic heterocycles. The molecule has 5 nitrogen and oxygen atoms in total. The Morgan fingerprint density at radius 1 is 1.30 bits per heavy atom. The Labute approximate surface area is 169 Å². The fraction of sp³-hybridized carbons (Fsp3) is 0.450. The number of nitrogens with zero attached hydrogens (tertiary/aromatic N) is 2. The summed E-state index contributed by atoms with van der Waals surface area (Å²) in [4.78, 5) is 16.6. The van der Waals surface area contributed by atoms with Crippen LogP contribution in [0.2, 0.25) is 5.02 Å². The van der Waals surface area contributed by atoms with Gasteiger partial charge in [-0.1, -0.05) is 30.7 Å². The van der Waals surface area contributed by atoms with Gasteiger partial charge in [0.15, 0.2) is 0 Å². The lowest BCUT2D eigenvalue weighted by molar-refractivity contribution is -0.132. The fourth-order valence-electron chi connectivity index (χ4n) is 3.48. The third kappa shape index (κ3) is 4.69. The number of morpholine rings is 1. The molecule has 3 rings (SSSR count). The highest BCUT2D eigenvalue weighted by Gasteiger charge is 2.34. The molecule has 1 aromatic carbocycles. The lowest BCUT2D eigenvalue weighted by Crippen LogP contribution is -2.52. The van der Waals surface area contributed by atoms with Crippen LogP contribution >= 0.6 is 23.4 Å². The minimum atomic E-state index is -0.874. The maximum atomic E-state index is 12.0. The highest BCUT2D eigenvalue weighted by atomic mass is 35.5. The monoisotopic (exact) mass is 408 g/mol. The minimum Gasteiger partial charge on any atom is -0.478 e. The summed E-state index contributed by atoms with van der Waals surface area (Å²) in [7, 11) is 0. The van der Waals surface area contributed by atoms with E-state index in [1.54, 1.807) is 11.8 Å². The molecule has 146 valence electrons. The van der Waals surface area contributed by atoms with E-state index in [1.807, 2.05) is 31.2 Å². The number of carbonyl (C=O) groups is 1. The number of carboxylic acids is 1. The summed E-state index contributed by atoms with van der Waals surface area (Å²) >= 11 is 7.62. The third-order valence-corrected chi connectivity index (χ3v) is 6.02. The third-order valence-electron chi connectivity index (χ3n) is 4.77. The molecular formula is C20H25ClN2O3S. The molecule has 7 heteroatoms. The summed E-state index contributed by atoms with van der Waals surface area (Å²) < 4.78 is 5.51. The van der Waals surface area contributed by atoms with E-state index in [9.17, 15) is 9.90 Å². The predicted octanol–water partition coefficient (Wildman–Crippen LogP) is 3.81. The molecule has 2 aliphatic rings. The number of thioether (sulfide) groups is 1. The van der Waals surface area contributed by atoms with Crippen molar-refractivity contribution in [3.05, 3.63) is 57.1 Å². The lowest BCUT2D eigenvalue weighted by Gasteiger charge is -2.44. The number of halogens is 1. The quantitative estimate of drug-likeness (QED) is 0.772. The number of rotatable bonds is 6. The summed E-state index contributed by atoms with van der Waals surface area (Å²) in [5, 5.41) is 11.4. The number of aliphatic carboxylic acids is 1. The lowest BCUT2D eigenvalue weighted by atomic mass is 10.0. The van der Waals surface area contributed by atoms with Crippen LogP contribution in [0.5, 0.6) is 0 Å².